The zero-order chi connectivity index (χ0) is 13.1. The fourth-order valence-electron chi connectivity index (χ4n) is 2.41. The minimum atomic E-state index is 0.0835. The number of hydrogen-bond donors (Lipinski definition) is 2. The second-order valence-electron chi connectivity index (χ2n) is 4.92. The first kappa shape index (κ1) is 13.3. The van der Waals surface area contributed by atoms with Crippen LogP contribution in [0, 0.1) is 6.92 Å². The lowest BCUT2D eigenvalue weighted by molar-refractivity contribution is -0.0379. The molecule has 2 heterocycles. The van der Waals surface area contributed by atoms with Crippen molar-refractivity contribution >= 4 is 5.82 Å². The summed E-state index contributed by atoms with van der Waals surface area (Å²) in [5.74, 6) is 0.580. The molecule has 100 valence electrons. The summed E-state index contributed by atoms with van der Waals surface area (Å²) in [6.45, 7) is 4.67. The Morgan fingerprint density at radius 3 is 3.06 bits per heavy atom. The SMILES string of the molecule is CNC(c1cc(C)cnc1N)C1CN(C)CCO1. The lowest BCUT2D eigenvalue weighted by atomic mass is 9.99. The van der Waals surface area contributed by atoms with E-state index >= 15 is 0 Å². The average molecular weight is 250 g/mol. The van der Waals surface area contributed by atoms with Crippen LogP contribution in [0.1, 0.15) is 17.2 Å². The van der Waals surface area contributed by atoms with Crippen molar-refractivity contribution in [2.75, 3.05) is 39.5 Å². The van der Waals surface area contributed by atoms with Crippen LogP contribution in [0.3, 0.4) is 0 Å². The van der Waals surface area contributed by atoms with Gasteiger partial charge in [0, 0.05) is 24.8 Å². The lowest BCUT2D eigenvalue weighted by Crippen LogP contribution is -2.46. The van der Waals surface area contributed by atoms with E-state index in [1.807, 2.05) is 14.0 Å². The number of nitrogen functional groups attached to an aromatic ring is 1. The average Bonchev–Trinajstić information content (AvgIpc) is 2.35. The van der Waals surface area contributed by atoms with Gasteiger partial charge in [-0.05, 0) is 32.6 Å². The van der Waals surface area contributed by atoms with Crippen LogP contribution in [-0.4, -0.2) is 49.8 Å². The number of aromatic nitrogens is 1. The summed E-state index contributed by atoms with van der Waals surface area (Å²) in [7, 11) is 4.05. The number of anilines is 1. The highest BCUT2D eigenvalue weighted by molar-refractivity contribution is 5.43. The molecule has 0 spiro atoms. The van der Waals surface area contributed by atoms with Gasteiger partial charge in [-0.3, -0.25) is 0 Å². The van der Waals surface area contributed by atoms with E-state index in [0.29, 0.717) is 5.82 Å². The van der Waals surface area contributed by atoms with Crippen molar-refractivity contribution in [3.63, 3.8) is 0 Å². The monoisotopic (exact) mass is 250 g/mol. The quantitative estimate of drug-likeness (QED) is 0.821. The molecule has 0 radical (unpaired) electrons. The molecule has 5 heteroatoms. The van der Waals surface area contributed by atoms with E-state index in [0.717, 1.165) is 30.8 Å². The molecule has 2 rings (SSSR count). The standard InChI is InChI=1S/C13H22N4O/c1-9-6-10(13(14)16-7-9)12(15-2)11-8-17(3)4-5-18-11/h6-7,11-12,15H,4-5,8H2,1-3H3,(H2,14,16). The highest BCUT2D eigenvalue weighted by atomic mass is 16.5. The van der Waals surface area contributed by atoms with Gasteiger partial charge in [-0.2, -0.15) is 0 Å². The smallest absolute Gasteiger partial charge is 0.128 e. The summed E-state index contributed by atoms with van der Waals surface area (Å²) >= 11 is 0. The first-order chi connectivity index (χ1) is 8.61. The van der Waals surface area contributed by atoms with Crippen LogP contribution in [0.2, 0.25) is 0 Å². The molecule has 0 aromatic carbocycles. The van der Waals surface area contributed by atoms with Crippen LogP contribution in [-0.2, 0) is 4.74 Å². The molecule has 3 N–H and O–H groups in total. The number of pyridine rings is 1. The highest BCUT2D eigenvalue weighted by Crippen LogP contribution is 2.25. The molecule has 1 aromatic heterocycles. The number of nitrogens with one attached hydrogen (secondary N) is 1. The second-order valence-corrected chi connectivity index (χ2v) is 4.92. The van der Waals surface area contributed by atoms with Crippen molar-refractivity contribution in [2.45, 2.75) is 19.1 Å². The van der Waals surface area contributed by atoms with Crippen LogP contribution in [0.4, 0.5) is 5.82 Å². The van der Waals surface area contributed by atoms with Gasteiger partial charge in [0.05, 0.1) is 18.8 Å². The van der Waals surface area contributed by atoms with Gasteiger partial charge in [0.25, 0.3) is 0 Å². The van der Waals surface area contributed by atoms with Gasteiger partial charge in [-0.25, -0.2) is 4.98 Å². The molecule has 1 aliphatic rings. The zero-order valence-corrected chi connectivity index (χ0v) is 11.3. The van der Waals surface area contributed by atoms with Crippen molar-refractivity contribution in [3.05, 3.63) is 23.4 Å². The maximum atomic E-state index is 5.99. The number of hydrogen-bond acceptors (Lipinski definition) is 5. The highest BCUT2D eigenvalue weighted by Gasteiger charge is 2.28. The van der Waals surface area contributed by atoms with Gasteiger partial charge >= 0.3 is 0 Å². The molecule has 2 atom stereocenters. The third-order valence-corrected chi connectivity index (χ3v) is 3.40. The molecule has 5 nitrogen and oxygen atoms in total. The maximum Gasteiger partial charge on any atom is 0.128 e. The van der Waals surface area contributed by atoms with Gasteiger partial charge in [-0.15, -0.1) is 0 Å². The Bertz CT molecular complexity index is 410. The van der Waals surface area contributed by atoms with Crippen LogP contribution < -0.4 is 11.1 Å². The molecule has 1 aromatic rings. The molecule has 0 aliphatic carbocycles. The largest absolute Gasteiger partial charge is 0.383 e. The van der Waals surface area contributed by atoms with E-state index in [-0.39, 0.29) is 12.1 Å². The summed E-state index contributed by atoms with van der Waals surface area (Å²) in [6.07, 6.45) is 1.90. The second kappa shape index (κ2) is 5.65. The van der Waals surface area contributed by atoms with Crippen molar-refractivity contribution in [2.24, 2.45) is 0 Å². The predicted molar refractivity (Wildman–Crippen MR) is 72.4 cm³/mol. The van der Waals surface area contributed by atoms with Gasteiger partial charge < -0.3 is 20.7 Å². The van der Waals surface area contributed by atoms with Gasteiger partial charge in [0.1, 0.15) is 5.82 Å². The molecule has 0 bridgehead atoms. The number of ether oxygens (including phenoxy) is 1. The Balaban J connectivity index is 2.24. The van der Waals surface area contributed by atoms with E-state index in [2.05, 4.69) is 28.3 Å². The minimum Gasteiger partial charge on any atom is -0.383 e. The fraction of sp³-hybridized carbons (Fsp3) is 0.615. The molecule has 2 unspecified atom stereocenters. The van der Waals surface area contributed by atoms with E-state index in [1.165, 1.54) is 0 Å². The van der Waals surface area contributed by atoms with Crippen LogP contribution in [0.25, 0.3) is 0 Å². The van der Waals surface area contributed by atoms with E-state index in [9.17, 15) is 0 Å². The van der Waals surface area contributed by atoms with E-state index < -0.39 is 0 Å². The zero-order valence-electron chi connectivity index (χ0n) is 11.3. The summed E-state index contributed by atoms with van der Waals surface area (Å²) in [6, 6.07) is 2.17. The first-order valence-corrected chi connectivity index (χ1v) is 6.31. The van der Waals surface area contributed by atoms with Crippen LogP contribution in [0.15, 0.2) is 12.3 Å². The minimum absolute atomic E-state index is 0.0835. The fourth-order valence-corrected chi connectivity index (χ4v) is 2.41. The molecule has 1 saturated heterocycles. The Morgan fingerprint density at radius 1 is 1.61 bits per heavy atom. The molecular weight excluding hydrogens is 228 g/mol. The Labute approximate surface area is 108 Å². The van der Waals surface area contributed by atoms with Gasteiger partial charge in [0.2, 0.25) is 0 Å². The third kappa shape index (κ3) is 2.80. The Kier molecular flexibility index (Phi) is 4.16. The van der Waals surface area contributed by atoms with Crippen molar-refractivity contribution in [1.82, 2.24) is 15.2 Å². The molecule has 0 saturated carbocycles. The number of nitrogens with two attached hydrogens (primary N) is 1. The number of nitrogens with zero attached hydrogens (tertiary/aromatic N) is 2. The van der Waals surface area contributed by atoms with Crippen LogP contribution >= 0.6 is 0 Å². The molecular formula is C13H22N4O. The number of likely N-dealkylation sites (N-methyl/N-ethyl adjacent to an activating group) is 2. The number of rotatable bonds is 3. The first-order valence-electron chi connectivity index (χ1n) is 6.31. The van der Waals surface area contributed by atoms with E-state index in [4.69, 9.17) is 10.5 Å². The van der Waals surface area contributed by atoms with E-state index in [1.54, 1.807) is 6.20 Å². The maximum absolute atomic E-state index is 5.99. The molecule has 1 fully saturated rings. The molecule has 0 amide bonds. The summed E-state index contributed by atoms with van der Waals surface area (Å²) in [5, 5.41) is 3.30. The molecule has 18 heavy (non-hydrogen) atoms. The van der Waals surface area contributed by atoms with Crippen molar-refractivity contribution in [1.29, 1.82) is 0 Å². The molecule has 1 aliphatic heterocycles. The summed E-state index contributed by atoms with van der Waals surface area (Å²) in [4.78, 5) is 6.51. The van der Waals surface area contributed by atoms with Crippen molar-refractivity contribution in [3.8, 4) is 0 Å². The predicted octanol–water partition coefficient (Wildman–Crippen LogP) is 0.563. The van der Waals surface area contributed by atoms with Gasteiger partial charge in [0.15, 0.2) is 0 Å². The summed E-state index contributed by atoms with van der Waals surface area (Å²) in [5.41, 5.74) is 8.13. The topological polar surface area (TPSA) is 63.4 Å². The number of morpholine rings is 1. The van der Waals surface area contributed by atoms with Gasteiger partial charge in [-0.1, -0.05) is 0 Å². The summed E-state index contributed by atoms with van der Waals surface area (Å²) < 4.78 is 5.86. The van der Waals surface area contributed by atoms with Crippen molar-refractivity contribution < 1.29 is 4.74 Å². The Morgan fingerprint density at radius 2 is 2.39 bits per heavy atom. The number of aryl methyl sites for hydroxylation is 1. The third-order valence-electron chi connectivity index (χ3n) is 3.40. The van der Waals surface area contributed by atoms with Crippen LogP contribution in [0.5, 0.6) is 0 Å². The normalized spacial score (nSPS) is 22.9. The Hall–Kier alpha value is -1.17. The lowest BCUT2D eigenvalue weighted by Gasteiger charge is -2.35.